The quantitative estimate of drug-likeness (QED) is 0.900. The number of aromatic nitrogens is 1. The van der Waals surface area contributed by atoms with E-state index in [-0.39, 0.29) is 6.04 Å². The van der Waals surface area contributed by atoms with E-state index in [9.17, 15) is 0 Å². The molecule has 2 nitrogen and oxygen atoms in total. The van der Waals surface area contributed by atoms with Crippen molar-refractivity contribution < 1.29 is 0 Å². The zero-order valence-electron chi connectivity index (χ0n) is 8.70. The Kier molecular flexibility index (Phi) is 4.55. The Balaban J connectivity index is 2.56. The Morgan fingerprint density at radius 2 is 2.21 bits per heavy atom. The Bertz CT molecular complexity index is 286. The highest BCUT2D eigenvalue weighted by molar-refractivity contribution is 9.10. The van der Waals surface area contributed by atoms with E-state index in [1.807, 2.05) is 18.3 Å². The lowest BCUT2D eigenvalue weighted by Gasteiger charge is -2.13. The number of nitrogens with zero attached hydrogens (tertiary/aromatic N) is 1. The Morgan fingerprint density at radius 1 is 1.50 bits per heavy atom. The van der Waals surface area contributed by atoms with E-state index in [1.165, 1.54) is 0 Å². The molecule has 14 heavy (non-hydrogen) atoms. The largest absolute Gasteiger partial charge is 0.327 e. The molecule has 2 N–H and O–H groups in total. The molecule has 3 heteroatoms. The van der Waals surface area contributed by atoms with Crippen molar-refractivity contribution in [2.75, 3.05) is 0 Å². The Morgan fingerprint density at radius 3 is 2.79 bits per heavy atom. The maximum Gasteiger partial charge on any atom is 0.0560 e. The van der Waals surface area contributed by atoms with Crippen molar-refractivity contribution in [3.8, 4) is 0 Å². The first kappa shape index (κ1) is 11.7. The second-order valence-corrected chi connectivity index (χ2v) is 4.88. The number of rotatable bonds is 4. The summed E-state index contributed by atoms with van der Waals surface area (Å²) in [4.78, 5) is 4.30. The van der Waals surface area contributed by atoms with Crippen molar-refractivity contribution in [2.45, 2.75) is 32.7 Å². The highest BCUT2D eigenvalue weighted by atomic mass is 79.9. The van der Waals surface area contributed by atoms with Crippen molar-refractivity contribution in [2.24, 2.45) is 11.7 Å². The van der Waals surface area contributed by atoms with Gasteiger partial charge in [-0.3, -0.25) is 4.98 Å². The summed E-state index contributed by atoms with van der Waals surface area (Å²) in [6.45, 7) is 4.38. The van der Waals surface area contributed by atoms with Crippen LogP contribution in [0, 0.1) is 5.92 Å². The van der Waals surface area contributed by atoms with Crippen LogP contribution in [-0.2, 0) is 6.42 Å². The maximum atomic E-state index is 6.01. The molecule has 0 aliphatic heterocycles. The molecule has 1 heterocycles. The van der Waals surface area contributed by atoms with Crippen molar-refractivity contribution >= 4 is 15.9 Å². The van der Waals surface area contributed by atoms with Gasteiger partial charge < -0.3 is 5.73 Å². The maximum absolute atomic E-state index is 6.01. The normalized spacial score (nSPS) is 13.2. The Labute approximate surface area is 94.0 Å². The molecule has 0 aliphatic carbocycles. The summed E-state index contributed by atoms with van der Waals surface area (Å²) in [5.41, 5.74) is 7.07. The molecule has 0 radical (unpaired) electrons. The molecule has 0 amide bonds. The first-order valence-electron chi connectivity index (χ1n) is 4.94. The van der Waals surface area contributed by atoms with E-state index in [0.29, 0.717) is 5.92 Å². The molecular formula is C11H17BrN2. The summed E-state index contributed by atoms with van der Waals surface area (Å²) in [7, 11) is 0. The first-order chi connectivity index (χ1) is 6.59. The first-order valence-corrected chi connectivity index (χ1v) is 5.74. The monoisotopic (exact) mass is 256 g/mol. The number of nitrogens with two attached hydrogens (primary N) is 1. The lowest BCUT2D eigenvalue weighted by atomic mass is 10.0. The summed E-state index contributed by atoms with van der Waals surface area (Å²) in [6, 6.07) is 4.13. The van der Waals surface area contributed by atoms with Crippen molar-refractivity contribution in [3.05, 3.63) is 28.5 Å². The van der Waals surface area contributed by atoms with Crippen LogP contribution in [-0.4, -0.2) is 11.0 Å². The lowest BCUT2D eigenvalue weighted by molar-refractivity contribution is 0.490. The van der Waals surface area contributed by atoms with Gasteiger partial charge in [0.05, 0.1) is 5.69 Å². The SMILES string of the molecule is CC(C)CC(N)Cc1ncccc1Br. The Hall–Kier alpha value is -0.410. The van der Waals surface area contributed by atoms with Gasteiger partial charge in [0.15, 0.2) is 0 Å². The molecule has 1 unspecified atom stereocenters. The predicted molar refractivity (Wildman–Crippen MR) is 63.1 cm³/mol. The summed E-state index contributed by atoms with van der Waals surface area (Å²) in [5.74, 6) is 0.646. The smallest absolute Gasteiger partial charge is 0.0560 e. The summed E-state index contributed by atoms with van der Waals surface area (Å²) < 4.78 is 1.05. The highest BCUT2D eigenvalue weighted by Crippen LogP contribution is 2.16. The zero-order chi connectivity index (χ0) is 10.6. The van der Waals surface area contributed by atoms with E-state index in [2.05, 4.69) is 34.8 Å². The molecule has 0 spiro atoms. The fourth-order valence-corrected chi connectivity index (χ4v) is 1.92. The van der Waals surface area contributed by atoms with Gasteiger partial charge in [0.2, 0.25) is 0 Å². The van der Waals surface area contributed by atoms with Gasteiger partial charge in [0, 0.05) is 23.1 Å². The van der Waals surface area contributed by atoms with Gasteiger partial charge in [0.1, 0.15) is 0 Å². The third-order valence-electron chi connectivity index (χ3n) is 2.06. The number of hydrogen-bond acceptors (Lipinski definition) is 2. The van der Waals surface area contributed by atoms with Crippen molar-refractivity contribution in [1.29, 1.82) is 0 Å². The van der Waals surface area contributed by atoms with Gasteiger partial charge in [0.25, 0.3) is 0 Å². The minimum atomic E-state index is 0.209. The minimum Gasteiger partial charge on any atom is -0.327 e. The third-order valence-corrected chi connectivity index (χ3v) is 2.79. The average molecular weight is 257 g/mol. The van der Waals surface area contributed by atoms with Crippen LogP contribution in [0.2, 0.25) is 0 Å². The second-order valence-electron chi connectivity index (χ2n) is 4.03. The van der Waals surface area contributed by atoms with Crippen molar-refractivity contribution in [3.63, 3.8) is 0 Å². The molecule has 78 valence electrons. The molecule has 0 saturated carbocycles. The molecule has 0 bridgehead atoms. The van der Waals surface area contributed by atoms with E-state index >= 15 is 0 Å². The van der Waals surface area contributed by atoms with Gasteiger partial charge in [-0.2, -0.15) is 0 Å². The number of hydrogen-bond donors (Lipinski definition) is 1. The minimum absolute atomic E-state index is 0.209. The number of pyridine rings is 1. The van der Waals surface area contributed by atoms with Crippen LogP contribution in [0.15, 0.2) is 22.8 Å². The fourth-order valence-electron chi connectivity index (χ4n) is 1.51. The molecule has 1 atom stereocenters. The van der Waals surface area contributed by atoms with Crippen LogP contribution in [0.1, 0.15) is 26.0 Å². The van der Waals surface area contributed by atoms with Crippen LogP contribution in [0.25, 0.3) is 0 Å². The van der Waals surface area contributed by atoms with Gasteiger partial charge in [-0.05, 0) is 40.4 Å². The van der Waals surface area contributed by atoms with E-state index in [1.54, 1.807) is 0 Å². The third kappa shape index (κ3) is 3.76. The van der Waals surface area contributed by atoms with Gasteiger partial charge >= 0.3 is 0 Å². The van der Waals surface area contributed by atoms with Crippen LogP contribution in [0.3, 0.4) is 0 Å². The van der Waals surface area contributed by atoms with Crippen molar-refractivity contribution in [1.82, 2.24) is 4.98 Å². The summed E-state index contributed by atoms with van der Waals surface area (Å²) in [6.07, 6.45) is 3.70. The molecule has 0 aromatic carbocycles. The fraction of sp³-hybridized carbons (Fsp3) is 0.545. The lowest BCUT2D eigenvalue weighted by Crippen LogP contribution is -2.25. The van der Waals surface area contributed by atoms with Crippen LogP contribution in [0.5, 0.6) is 0 Å². The topological polar surface area (TPSA) is 38.9 Å². The molecule has 1 rings (SSSR count). The second kappa shape index (κ2) is 5.47. The average Bonchev–Trinajstić information content (AvgIpc) is 2.07. The standard InChI is InChI=1S/C11H17BrN2/c1-8(2)6-9(13)7-11-10(12)4-3-5-14-11/h3-5,8-9H,6-7,13H2,1-2H3. The van der Waals surface area contributed by atoms with Crippen LogP contribution < -0.4 is 5.73 Å². The molecule has 1 aromatic heterocycles. The molecule has 0 fully saturated rings. The van der Waals surface area contributed by atoms with E-state index in [0.717, 1.165) is 23.0 Å². The molecule has 1 aromatic rings. The summed E-state index contributed by atoms with van der Waals surface area (Å²) >= 11 is 3.47. The predicted octanol–water partition coefficient (Wildman–Crippen LogP) is 2.76. The number of halogens is 1. The van der Waals surface area contributed by atoms with Gasteiger partial charge in [-0.15, -0.1) is 0 Å². The molecular weight excluding hydrogens is 240 g/mol. The highest BCUT2D eigenvalue weighted by Gasteiger charge is 2.09. The van der Waals surface area contributed by atoms with E-state index < -0.39 is 0 Å². The van der Waals surface area contributed by atoms with Crippen LogP contribution in [0.4, 0.5) is 0 Å². The molecule has 0 aliphatic rings. The van der Waals surface area contributed by atoms with E-state index in [4.69, 9.17) is 5.73 Å². The van der Waals surface area contributed by atoms with Crippen LogP contribution >= 0.6 is 15.9 Å². The van der Waals surface area contributed by atoms with Gasteiger partial charge in [-0.1, -0.05) is 13.8 Å². The molecule has 0 saturated heterocycles. The summed E-state index contributed by atoms with van der Waals surface area (Å²) in [5, 5.41) is 0. The zero-order valence-corrected chi connectivity index (χ0v) is 10.3. The van der Waals surface area contributed by atoms with Gasteiger partial charge in [-0.25, -0.2) is 0 Å².